The number of nitrogens with one attached hydrogen (secondary N) is 2. The second-order valence-corrected chi connectivity index (χ2v) is 23.9. The zero-order chi connectivity index (χ0) is 59.7. The van der Waals surface area contributed by atoms with Crippen LogP contribution in [0.25, 0.3) is 44.3 Å². The fourth-order valence-corrected chi connectivity index (χ4v) is 13.5. The van der Waals surface area contributed by atoms with E-state index in [1.165, 1.54) is 60.9 Å². The number of H-pyrrole nitrogens is 2. The van der Waals surface area contributed by atoms with Crippen molar-refractivity contribution < 1.29 is 30.4 Å². The fourth-order valence-electron chi connectivity index (χ4n) is 10.1. The van der Waals surface area contributed by atoms with Crippen LogP contribution in [0.2, 0.25) is 0 Å². The summed E-state index contributed by atoms with van der Waals surface area (Å²) < 4.78 is 101. The second kappa shape index (κ2) is 22.7. The van der Waals surface area contributed by atoms with Crippen LogP contribution in [0.1, 0.15) is 45.0 Å². The van der Waals surface area contributed by atoms with Crippen LogP contribution in [-0.4, -0.2) is 75.6 Å². The molecule has 0 saturated carbocycles. The highest BCUT2D eigenvalue weighted by Crippen LogP contribution is 2.52. The molecule has 10 rings (SSSR count). The van der Waals surface area contributed by atoms with Gasteiger partial charge in [0.2, 0.25) is 25.5 Å². The van der Waals surface area contributed by atoms with Gasteiger partial charge in [-0.25, -0.2) is 35.6 Å². The Balaban J connectivity index is 1.09. The van der Waals surface area contributed by atoms with Crippen LogP contribution in [0, 0.1) is 52.4 Å². The van der Waals surface area contributed by atoms with Crippen LogP contribution in [0.15, 0.2) is 178 Å². The number of hydrogen-bond donors (Lipinski definition) is 2. The number of terminal acetylenes is 2. The Kier molecular flexibility index (Phi) is 15.4. The van der Waals surface area contributed by atoms with E-state index in [2.05, 4.69) is 51.7 Å². The maximum Gasteiger partial charge on any atom is 0.302 e. The number of halogens is 2. The largest absolute Gasteiger partial charge is 0.355 e. The van der Waals surface area contributed by atoms with E-state index < -0.39 is 56.4 Å². The van der Waals surface area contributed by atoms with Crippen molar-refractivity contribution in [1.29, 1.82) is 0 Å². The van der Waals surface area contributed by atoms with E-state index >= 15 is 30.4 Å². The predicted molar refractivity (Wildman–Crippen MR) is 316 cm³/mol. The van der Waals surface area contributed by atoms with Gasteiger partial charge < -0.3 is 19.8 Å². The van der Waals surface area contributed by atoms with Gasteiger partial charge in [-0.1, -0.05) is 60.4 Å². The van der Waals surface area contributed by atoms with Gasteiger partial charge in [-0.2, -0.15) is 0 Å². The molecule has 6 aromatic heterocycles. The molecule has 6 heterocycles. The van der Waals surface area contributed by atoms with E-state index in [1.807, 2.05) is 13.8 Å². The Labute approximate surface area is 481 Å². The number of ketones is 1. The van der Waals surface area contributed by atoms with Crippen LogP contribution >= 0.6 is 0 Å². The third-order valence-electron chi connectivity index (χ3n) is 14.4. The lowest BCUT2D eigenvalue weighted by atomic mass is 9.91. The van der Waals surface area contributed by atoms with Gasteiger partial charge in [-0.3, -0.25) is 34.3 Å². The molecule has 0 aliphatic heterocycles. The fraction of sp³-hybridized carbons (Fsp3) is 0.159. The van der Waals surface area contributed by atoms with Gasteiger partial charge >= 0.3 is 10.0 Å². The third-order valence-corrected chi connectivity index (χ3v) is 18.5. The number of fused-ring (bicyclic) bond motifs is 2. The molecule has 2 unspecified atom stereocenters. The monoisotopic (exact) mass is 1160 g/mol. The number of carbonyl (C=O) groups excluding carboxylic acids is 1. The molecule has 2 N–H and O–H groups in total. The number of sulfone groups is 2. The number of nitrogens with zero attached hydrogens (tertiary/aromatic N) is 8. The smallest absolute Gasteiger partial charge is 0.302 e. The number of rotatable bonds is 18. The number of aromatic amines is 2. The zero-order valence-corrected chi connectivity index (χ0v) is 47.1. The minimum absolute atomic E-state index is 0.0493. The highest BCUT2D eigenvalue weighted by Gasteiger charge is 2.68. The zero-order valence-electron chi connectivity index (χ0n) is 45.5. The maximum absolute atomic E-state index is 19.8. The summed E-state index contributed by atoms with van der Waals surface area (Å²) >= 11 is 0. The first-order chi connectivity index (χ1) is 40.2. The van der Waals surface area contributed by atoms with Crippen LogP contribution < -0.4 is 20.9 Å². The minimum Gasteiger partial charge on any atom is -0.355 e. The Bertz CT molecular complexity index is 4380. The van der Waals surface area contributed by atoms with Gasteiger partial charge in [-0.05, 0) is 123 Å². The lowest BCUT2D eigenvalue weighted by molar-refractivity contribution is -0.133. The molecule has 0 fully saturated rings. The van der Waals surface area contributed by atoms with E-state index in [4.69, 9.17) is 12.8 Å². The highest BCUT2D eigenvalue weighted by atomic mass is 32.2. The topological polar surface area (TPSA) is 235 Å². The van der Waals surface area contributed by atoms with E-state index in [0.29, 0.717) is 44.8 Å². The first-order valence-electron chi connectivity index (χ1n) is 25.9. The van der Waals surface area contributed by atoms with Gasteiger partial charge in [0.15, 0.2) is 0 Å². The second-order valence-electron chi connectivity index (χ2n) is 19.8. The number of carbonyl (C=O) groups is 1. The van der Waals surface area contributed by atoms with Crippen molar-refractivity contribution in [1.82, 2.24) is 39.9 Å². The van der Waals surface area contributed by atoms with E-state index in [0.717, 1.165) is 83.4 Å². The standard InChI is InChI=1S/C63H50F2N10O7S2/c1-7-29-74(37-43-33-51-57(31-39(43)3)70-41(5)72-59(51)76)45-17-19-55(68-35-45)49-13-9-11-15-53(49)62(64,83(79,80)47-21-25-66-26-22-47)61(78)63(65,84(81,82)48-23-27-67-28-24-48)54-16-12-10-14-50(54)56-20-18-46(36-69-56)75(30-8-2)38-44-34-52-58(32-40(44)4)71-42(6)73-60(52)77/h1-2,9-28,31-36H,29-30,37-38H2,3-6H3,(H,70,72,76)(H,71,73,77). The number of aryl methyl sites for hydroxylation is 4. The molecule has 21 heteroatoms. The summed E-state index contributed by atoms with van der Waals surface area (Å²) in [6, 6.07) is 26.3. The SMILES string of the molecule is C#CCN(Cc1cc2c(=O)[nH]c(C)nc2cc1C)c1ccc(-c2ccccc2C(F)(C(=O)C(F)(c2ccccc2-c2ccc(N(CC#C)Cc3cc4c(=O)[nH]c(C)nc4cc3C)cn2)S(=O)(=O)c2ccncc2)S(=O)(=O)c2ccncc2)nc1. The summed E-state index contributed by atoms with van der Waals surface area (Å²) in [5.41, 5.74) is 1.56. The molecule has 2 atom stereocenters. The molecule has 0 saturated heterocycles. The molecule has 10 aromatic rings. The van der Waals surface area contributed by atoms with E-state index in [9.17, 15) is 9.59 Å². The molecule has 4 aromatic carbocycles. The quantitative estimate of drug-likeness (QED) is 0.0763. The Morgan fingerprint density at radius 2 is 0.940 bits per heavy atom. The van der Waals surface area contributed by atoms with Crippen LogP contribution in [0.5, 0.6) is 0 Å². The Hall–Kier alpha value is -10.1. The highest BCUT2D eigenvalue weighted by molar-refractivity contribution is 7.94. The van der Waals surface area contributed by atoms with E-state index in [-0.39, 0.29) is 59.8 Å². The normalized spacial score (nSPS) is 13.1. The molecule has 0 spiro atoms. The summed E-state index contributed by atoms with van der Waals surface area (Å²) in [5.74, 6) is 3.62. The molecule has 0 bridgehead atoms. The third kappa shape index (κ3) is 10.2. The molecule has 0 radical (unpaired) electrons. The molecular weight excluding hydrogens is 1110 g/mol. The van der Waals surface area contributed by atoms with Gasteiger partial charge in [0.1, 0.15) is 11.6 Å². The van der Waals surface area contributed by atoms with Crippen LogP contribution in [0.4, 0.5) is 20.2 Å². The summed E-state index contributed by atoms with van der Waals surface area (Å²) in [6.45, 7) is 7.56. The van der Waals surface area contributed by atoms with Crippen molar-refractivity contribution in [2.75, 3.05) is 22.9 Å². The average Bonchev–Trinajstić information content (AvgIpc) is 3.06. The van der Waals surface area contributed by atoms with Gasteiger partial charge in [0.25, 0.3) is 11.1 Å². The number of benzene rings is 4. The van der Waals surface area contributed by atoms with Crippen molar-refractivity contribution >= 4 is 58.6 Å². The minimum atomic E-state index is -5.87. The predicted octanol–water partition coefficient (Wildman–Crippen LogP) is 9.05. The lowest BCUT2D eigenvalue weighted by Crippen LogP contribution is -2.53. The maximum atomic E-state index is 19.8. The van der Waals surface area contributed by atoms with Gasteiger partial charge in [0, 0.05) is 60.1 Å². The first kappa shape index (κ1) is 57.2. The van der Waals surface area contributed by atoms with Crippen LogP contribution in [-0.2, 0) is 47.6 Å². The molecular formula is C63H50F2N10O7S2. The van der Waals surface area contributed by atoms with Crippen molar-refractivity contribution in [2.45, 2.75) is 60.6 Å². The van der Waals surface area contributed by atoms with Crippen molar-refractivity contribution in [3.8, 4) is 47.2 Å². The van der Waals surface area contributed by atoms with Crippen molar-refractivity contribution in [3.05, 3.63) is 224 Å². The Morgan fingerprint density at radius 1 is 0.560 bits per heavy atom. The first-order valence-corrected chi connectivity index (χ1v) is 28.9. The number of pyridine rings is 4. The van der Waals surface area contributed by atoms with Crippen molar-refractivity contribution in [2.24, 2.45) is 0 Å². The summed E-state index contributed by atoms with van der Waals surface area (Å²) in [5, 5.41) is -8.45. The number of aromatic nitrogens is 8. The molecule has 17 nitrogen and oxygen atoms in total. The number of alkyl halides is 2. The molecule has 0 amide bonds. The summed E-state index contributed by atoms with van der Waals surface area (Å²) in [6.07, 6.45) is 18.6. The van der Waals surface area contributed by atoms with Gasteiger partial charge in [-0.15, -0.1) is 12.8 Å². The number of Topliss-reactive ketones (excluding diaryl/α,β-unsaturated/α-hetero) is 1. The van der Waals surface area contributed by atoms with Crippen LogP contribution in [0.3, 0.4) is 0 Å². The molecule has 420 valence electrons. The van der Waals surface area contributed by atoms with E-state index in [1.54, 1.807) is 60.0 Å². The number of hydrogen-bond acceptors (Lipinski definition) is 15. The lowest BCUT2D eigenvalue weighted by Gasteiger charge is -2.34. The molecule has 0 aliphatic carbocycles. The number of anilines is 2. The summed E-state index contributed by atoms with van der Waals surface area (Å²) in [4.78, 5) is 75.1. The summed E-state index contributed by atoms with van der Waals surface area (Å²) in [7, 11) is -11.7. The van der Waals surface area contributed by atoms with Gasteiger partial charge in [0.05, 0.1) is 79.8 Å². The Morgan fingerprint density at radius 3 is 1.30 bits per heavy atom. The molecule has 0 aliphatic rings. The molecule has 84 heavy (non-hydrogen) atoms. The average molecular weight is 1160 g/mol. The van der Waals surface area contributed by atoms with Crippen molar-refractivity contribution in [3.63, 3.8) is 0 Å².